The Morgan fingerprint density at radius 1 is 0.949 bits per heavy atom. The van der Waals surface area contributed by atoms with Crippen LogP contribution in [0.3, 0.4) is 0 Å². The van der Waals surface area contributed by atoms with E-state index in [1.807, 2.05) is 68.4 Å². The van der Waals surface area contributed by atoms with Crippen molar-refractivity contribution in [3.05, 3.63) is 95.6 Å². The molecular weight excluding hydrogens is 514 g/mol. The third-order valence-corrected chi connectivity index (χ3v) is 7.44. The summed E-state index contributed by atoms with van der Waals surface area (Å²) in [7, 11) is -2.30. The molecule has 0 aliphatic carbocycles. The molecule has 0 radical (unpaired) electrons. The van der Waals surface area contributed by atoms with Gasteiger partial charge in [-0.3, -0.25) is 13.9 Å². The highest BCUT2D eigenvalue weighted by Crippen LogP contribution is 2.23. The van der Waals surface area contributed by atoms with Crippen LogP contribution in [0.5, 0.6) is 5.75 Å². The first-order valence-electron chi connectivity index (χ1n) is 12.9. The SMILES string of the molecule is CCCNC(=O)C(Cc1ccccc1)N(Cc1cccc(C)c1)C(=O)CN(c1ccc(OC)cc1)S(C)(=O)=O. The van der Waals surface area contributed by atoms with Gasteiger partial charge in [-0.15, -0.1) is 0 Å². The van der Waals surface area contributed by atoms with Crippen LogP contribution < -0.4 is 14.4 Å². The first-order chi connectivity index (χ1) is 18.6. The van der Waals surface area contributed by atoms with Gasteiger partial charge < -0.3 is 15.0 Å². The first kappa shape index (κ1) is 29.7. The lowest BCUT2D eigenvalue weighted by Gasteiger charge is -2.33. The molecule has 1 atom stereocenters. The lowest BCUT2D eigenvalue weighted by molar-refractivity contribution is -0.140. The highest BCUT2D eigenvalue weighted by Gasteiger charge is 2.33. The van der Waals surface area contributed by atoms with Crippen molar-refractivity contribution in [2.45, 2.75) is 39.3 Å². The van der Waals surface area contributed by atoms with E-state index in [1.165, 1.54) is 12.0 Å². The molecule has 3 rings (SSSR count). The van der Waals surface area contributed by atoms with E-state index in [9.17, 15) is 18.0 Å². The van der Waals surface area contributed by atoms with Crippen LogP contribution in [0.15, 0.2) is 78.9 Å². The van der Waals surface area contributed by atoms with Crippen LogP contribution in [0.4, 0.5) is 5.69 Å². The van der Waals surface area contributed by atoms with Gasteiger partial charge in [0.25, 0.3) is 0 Å². The molecule has 2 amide bonds. The summed E-state index contributed by atoms with van der Waals surface area (Å²) >= 11 is 0. The lowest BCUT2D eigenvalue weighted by Crippen LogP contribution is -2.53. The number of hydrogen-bond donors (Lipinski definition) is 1. The zero-order valence-corrected chi connectivity index (χ0v) is 23.8. The van der Waals surface area contributed by atoms with Gasteiger partial charge >= 0.3 is 0 Å². The number of amides is 2. The summed E-state index contributed by atoms with van der Waals surface area (Å²) < 4.78 is 31.9. The molecule has 0 heterocycles. The zero-order chi connectivity index (χ0) is 28.4. The number of carbonyl (C=O) groups excluding carboxylic acids is 2. The fourth-order valence-corrected chi connectivity index (χ4v) is 5.14. The van der Waals surface area contributed by atoms with Gasteiger partial charge in [0.2, 0.25) is 21.8 Å². The molecule has 9 heteroatoms. The first-order valence-corrected chi connectivity index (χ1v) is 14.8. The molecule has 0 aliphatic rings. The quantitative estimate of drug-likeness (QED) is 0.347. The molecule has 8 nitrogen and oxygen atoms in total. The van der Waals surface area contributed by atoms with Gasteiger partial charge in [-0.05, 0) is 48.7 Å². The van der Waals surface area contributed by atoms with E-state index in [0.29, 0.717) is 18.0 Å². The normalized spacial score (nSPS) is 11.9. The van der Waals surface area contributed by atoms with Gasteiger partial charge in [-0.25, -0.2) is 8.42 Å². The van der Waals surface area contributed by atoms with Crippen molar-refractivity contribution in [2.75, 3.05) is 30.8 Å². The van der Waals surface area contributed by atoms with Crippen LogP contribution >= 0.6 is 0 Å². The van der Waals surface area contributed by atoms with Crippen LogP contribution in [-0.4, -0.2) is 57.6 Å². The standard InChI is InChI=1S/C30H37N3O5S/c1-5-18-31-30(35)28(20-24-11-7-6-8-12-24)32(21-25-13-9-10-23(2)19-25)29(34)22-33(39(4,36)37)26-14-16-27(38-3)17-15-26/h6-17,19,28H,5,18,20-22H2,1-4H3,(H,31,35). The molecule has 0 aliphatic heterocycles. The van der Waals surface area contributed by atoms with Gasteiger partial charge in [0.05, 0.1) is 19.1 Å². The summed E-state index contributed by atoms with van der Waals surface area (Å²) in [6.07, 6.45) is 2.09. The van der Waals surface area contributed by atoms with Gasteiger partial charge in [-0.2, -0.15) is 0 Å². The van der Waals surface area contributed by atoms with Crippen LogP contribution in [0.2, 0.25) is 0 Å². The molecular formula is C30H37N3O5S. The summed E-state index contributed by atoms with van der Waals surface area (Å²) in [5, 5.41) is 2.93. The Morgan fingerprint density at radius 2 is 1.62 bits per heavy atom. The second-order valence-corrected chi connectivity index (χ2v) is 11.4. The molecule has 0 saturated carbocycles. The fraction of sp³-hybridized carbons (Fsp3) is 0.333. The summed E-state index contributed by atoms with van der Waals surface area (Å²) in [5.41, 5.74) is 3.09. The molecule has 208 valence electrons. The lowest BCUT2D eigenvalue weighted by atomic mass is 10.0. The number of methoxy groups -OCH3 is 1. The molecule has 1 N–H and O–H groups in total. The molecule has 0 bridgehead atoms. The van der Waals surface area contributed by atoms with Crippen LogP contribution in [0.25, 0.3) is 0 Å². The highest BCUT2D eigenvalue weighted by molar-refractivity contribution is 7.92. The number of ether oxygens (including phenoxy) is 1. The molecule has 3 aromatic carbocycles. The third-order valence-electron chi connectivity index (χ3n) is 6.30. The third kappa shape index (κ3) is 8.58. The number of hydrogen-bond acceptors (Lipinski definition) is 5. The summed E-state index contributed by atoms with van der Waals surface area (Å²) in [6, 6.07) is 22.8. The van der Waals surface area contributed by atoms with Gasteiger partial charge in [0, 0.05) is 19.5 Å². The topological polar surface area (TPSA) is 96.0 Å². The largest absolute Gasteiger partial charge is 0.497 e. The number of anilines is 1. The Morgan fingerprint density at radius 3 is 2.21 bits per heavy atom. The zero-order valence-electron chi connectivity index (χ0n) is 23.0. The molecule has 0 fully saturated rings. The summed E-state index contributed by atoms with van der Waals surface area (Å²) in [6.45, 7) is 4.08. The van der Waals surface area contributed by atoms with Crippen molar-refractivity contribution >= 4 is 27.5 Å². The molecule has 3 aromatic rings. The number of nitrogens with zero attached hydrogens (tertiary/aromatic N) is 2. The minimum Gasteiger partial charge on any atom is -0.497 e. The smallest absolute Gasteiger partial charge is 0.244 e. The predicted molar refractivity (Wildman–Crippen MR) is 154 cm³/mol. The Labute approximate surface area is 231 Å². The summed E-state index contributed by atoms with van der Waals surface area (Å²) in [5.74, 6) is -0.197. The van der Waals surface area contributed by atoms with Gasteiger partial charge in [-0.1, -0.05) is 67.1 Å². The minimum absolute atomic E-state index is 0.151. The number of rotatable bonds is 13. The maximum absolute atomic E-state index is 14.0. The van der Waals surface area contributed by atoms with Crippen molar-refractivity contribution in [1.29, 1.82) is 0 Å². The van der Waals surface area contributed by atoms with E-state index >= 15 is 0 Å². The molecule has 0 saturated heterocycles. The minimum atomic E-state index is -3.82. The summed E-state index contributed by atoms with van der Waals surface area (Å²) in [4.78, 5) is 29.0. The van der Waals surface area contributed by atoms with Crippen molar-refractivity contribution in [1.82, 2.24) is 10.2 Å². The second-order valence-electron chi connectivity index (χ2n) is 9.47. The number of aryl methyl sites for hydroxylation is 1. The fourth-order valence-electron chi connectivity index (χ4n) is 4.29. The Hall–Kier alpha value is -3.85. The van der Waals surface area contributed by atoms with E-state index in [4.69, 9.17) is 4.74 Å². The monoisotopic (exact) mass is 551 g/mol. The van der Waals surface area contributed by atoms with Crippen LogP contribution in [-0.2, 0) is 32.6 Å². The van der Waals surface area contributed by atoms with E-state index in [0.717, 1.165) is 33.7 Å². The van der Waals surface area contributed by atoms with Crippen molar-refractivity contribution in [3.63, 3.8) is 0 Å². The average Bonchev–Trinajstić information content (AvgIpc) is 2.92. The Balaban J connectivity index is 2.03. The Kier molecular flexibility index (Phi) is 10.5. The maximum atomic E-state index is 14.0. The Bertz CT molecular complexity index is 1340. The van der Waals surface area contributed by atoms with Crippen LogP contribution in [0.1, 0.15) is 30.0 Å². The van der Waals surface area contributed by atoms with Gasteiger partial charge in [0.15, 0.2) is 0 Å². The second kappa shape index (κ2) is 13.8. The number of benzene rings is 3. The van der Waals surface area contributed by atoms with Crippen LogP contribution in [0, 0.1) is 6.92 Å². The van der Waals surface area contributed by atoms with Crippen molar-refractivity contribution in [3.8, 4) is 5.75 Å². The van der Waals surface area contributed by atoms with E-state index in [1.54, 1.807) is 24.3 Å². The predicted octanol–water partition coefficient (Wildman–Crippen LogP) is 3.94. The van der Waals surface area contributed by atoms with Crippen molar-refractivity contribution in [2.24, 2.45) is 0 Å². The van der Waals surface area contributed by atoms with E-state index in [2.05, 4.69) is 5.32 Å². The van der Waals surface area contributed by atoms with Crippen molar-refractivity contribution < 1.29 is 22.7 Å². The number of carbonyl (C=O) groups is 2. The average molecular weight is 552 g/mol. The van der Waals surface area contributed by atoms with E-state index < -0.39 is 28.5 Å². The van der Waals surface area contributed by atoms with E-state index in [-0.39, 0.29) is 18.9 Å². The molecule has 1 unspecified atom stereocenters. The molecule has 0 aromatic heterocycles. The molecule has 0 spiro atoms. The molecule has 39 heavy (non-hydrogen) atoms. The number of sulfonamides is 1. The maximum Gasteiger partial charge on any atom is 0.244 e. The number of nitrogens with one attached hydrogen (secondary N) is 1. The highest BCUT2D eigenvalue weighted by atomic mass is 32.2. The van der Waals surface area contributed by atoms with Gasteiger partial charge in [0.1, 0.15) is 18.3 Å².